The van der Waals surface area contributed by atoms with E-state index in [0.717, 1.165) is 27.9 Å². The first-order valence-electron chi connectivity index (χ1n) is 6.57. The van der Waals surface area contributed by atoms with Crippen molar-refractivity contribution in [3.05, 3.63) is 57.8 Å². The Morgan fingerprint density at radius 3 is 2.95 bits per heavy atom. The van der Waals surface area contributed by atoms with Crippen molar-refractivity contribution in [2.75, 3.05) is 11.9 Å². The van der Waals surface area contributed by atoms with E-state index in [-0.39, 0.29) is 11.9 Å². The molecule has 2 nitrogen and oxygen atoms in total. The maximum atomic E-state index is 13.0. The van der Waals surface area contributed by atoms with Gasteiger partial charge in [0, 0.05) is 16.6 Å². The fourth-order valence-electron chi connectivity index (χ4n) is 2.45. The average molecular weight is 336 g/mol. The van der Waals surface area contributed by atoms with Gasteiger partial charge in [0.25, 0.3) is 0 Å². The van der Waals surface area contributed by atoms with Gasteiger partial charge in [0.2, 0.25) is 0 Å². The second kappa shape index (κ2) is 5.44. The number of nitrogens with one attached hydrogen (secondary N) is 1. The highest BCUT2D eigenvalue weighted by Gasteiger charge is 2.22. The normalized spacial score (nSPS) is 16.6. The lowest BCUT2D eigenvalue weighted by molar-refractivity contribution is 0.246. The van der Waals surface area contributed by atoms with Gasteiger partial charge in [-0.2, -0.15) is 0 Å². The Morgan fingerprint density at radius 2 is 2.15 bits per heavy atom. The summed E-state index contributed by atoms with van der Waals surface area (Å²) in [6.45, 7) is 2.60. The summed E-state index contributed by atoms with van der Waals surface area (Å²) in [6.07, 6.45) is 1.01. The van der Waals surface area contributed by atoms with E-state index >= 15 is 0 Å². The first-order chi connectivity index (χ1) is 9.61. The molecule has 0 bridgehead atoms. The van der Waals surface area contributed by atoms with Gasteiger partial charge >= 0.3 is 0 Å². The molecule has 0 fully saturated rings. The number of hydrogen-bond donors (Lipinski definition) is 1. The van der Waals surface area contributed by atoms with Crippen LogP contribution in [0.1, 0.15) is 11.1 Å². The van der Waals surface area contributed by atoms with E-state index in [1.54, 1.807) is 6.07 Å². The Bertz CT molecular complexity index is 644. The maximum Gasteiger partial charge on any atom is 0.123 e. The monoisotopic (exact) mass is 335 g/mol. The predicted octanol–water partition coefficient (Wildman–Crippen LogP) is 4.31. The summed E-state index contributed by atoms with van der Waals surface area (Å²) in [5.41, 5.74) is 3.08. The van der Waals surface area contributed by atoms with Crippen molar-refractivity contribution in [3.8, 4) is 5.75 Å². The second-order valence-electron chi connectivity index (χ2n) is 5.04. The molecule has 1 N–H and O–H groups in total. The number of hydrogen-bond acceptors (Lipinski definition) is 2. The molecule has 104 valence electrons. The van der Waals surface area contributed by atoms with Crippen LogP contribution in [-0.2, 0) is 6.42 Å². The predicted molar refractivity (Wildman–Crippen MR) is 81.9 cm³/mol. The quantitative estimate of drug-likeness (QED) is 0.902. The van der Waals surface area contributed by atoms with Crippen LogP contribution >= 0.6 is 15.9 Å². The number of halogens is 2. The zero-order valence-electron chi connectivity index (χ0n) is 11.1. The molecule has 1 aliphatic rings. The molecule has 0 saturated heterocycles. The van der Waals surface area contributed by atoms with Gasteiger partial charge in [-0.1, -0.05) is 15.9 Å². The van der Waals surface area contributed by atoms with Crippen molar-refractivity contribution in [1.29, 1.82) is 0 Å². The first kappa shape index (κ1) is 13.4. The molecule has 1 unspecified atom stereocenters. The van der Waals surface area contributed by atoms with Crippen LogP contribution < -0.4 is 10.1 Å². The summed E-state index contributed by atoms with van der Waals surface area (Å²) in [5.74, 6) is 0.748. The number of ether oxygens (including phenoxy) is 1. The number of rotatable bonds is 3. The van der Waals surface area contributed by atoms with Crippen LogP contribution in [0.4, 0.5) is 10.1 Å². The maximum absolute atomic E-state index is 13.0. The molecule has 3 rings (SSSR count). The van der Waals surface area contributed by atoms with Crippen LogP contribution in [0.5, 0.6) is 5.75 Å². The van der Waals surface area contributed by atoms with Gasteiger partial charge in [0.05, 0.1) is 6.54 Å². The molecular weight excluding hydrogens is 321 g/mol. The Hall–Kier alpha value is -1.55. The van der Waals surface area contributed by atoms with Crippen LogP contribution in [0, 0.1) is 12.7 Å². The SMILES string of the molecule is Cc1cc(F)ccc1NCC1Cc2cc(Br)ccc2O1. The Balaban J connectivity index is 1.63. The van der Waals surface area contributed by atoms with Gasteiger partial charge in [-0.05, 0) is 54.4 Å². The molecule has 0 spiro atoms. The number of benzene rings is 2. The van der Waals surface area contributed by atoms with Crippen LogP contribution in [0.3, 0.4) is 0 Å². The fraction of sp³-hybridized carbons (Fsp3) is 0.250. The molecule has 0 radical (unpaired) electrons. The minimum Gasteiger partial charge on any atom is -0.488 e. The number of fused-ring (bicyclic) bond motifs is 1. The smallest absolute Gasteiger partial charge is 0.123 e. The van der Waals surface area contributed by atoms with E-state index < -0.39 is 0 Å². The van der Waals surface area contributed by atoms with Crippen LogP contribution in [0.2, 0.25) is 0 Å². The summed E-state index contributed by atoms with van der Waals surface area (Å²) in [5, 5.41) is 3.33. The molecule has 0 aliphatic carbocycles. The fourth-order valence-corrected chi connectivity index (χ4v) is 2.86. The van der Waals surface area contributed by atoms with E-state index in [1.165, 1.54) is 17.7 Å². The van der Waals surface area contributed by atoms with Gasteiger partial charge in [-0.3, -0.25) is 0 Å². The second-order valence-corrected chi connectivity index (χ2v) is 5.95. The van der Waals surface area contributed by atoms with E-state index in [0.29, 0.717) is 6.54 Å². The highest BCUT2D eigenvalue weighted by Crippen LogP contribution is 2.31. The summed E-state index contributed by atoms with van der Waals surface area (Å²) < 4.78 is 20.0. The molecule has 0 aromatic heterocycles. The topological polar surface area (TPSA) is 21.3 Å². The Morgan fingerprint density at radius 1 is 1.30 bits per heavy atom. The van der Waals surface area contributed by atoms with Crippen LogP contribution in [0.15, 0.2) is 40.9 Å². The first-order valence-corrected chi connectivity index (χ1v) is 7.36. The van der Waals surface area contributed by atoms with Crippen molar-refractivity contribution in [1.82, 2.24) is 0 Å². The van der Waals surface area contributed by atoms with E-state index in [1.807, 2.05) is 19.1 Å². The Kier molecular flexibility index (Phi) is 3.66. The molecule has 1 atom stereocenters. The Labute approximate surface area is 126 Å². The van der Waals surface area contributed by atoms with Crippen molar-refractivity contribution >= 4 is 21.6 Å². The van der Waals surface area contributed by atoms with Gasteiger partial charge in [0.15, 0.2) is 0 Å². The zero-order chi connectivity index (χ0) is 14.1. The zero-order valence-corrected chi connectivity index (χ0v) is 12.7. The molecule has 0 amide bonds. The van der Waals surface area contributed by atoms with Crippen LogP contribution in [0.25, 0.3) is 0 Å². The summed E-state index contributed by atoms with van der Waals surface area (Å²) >= 11 is 3.47. The lowest BCUT2D eigenvalue weighted by Gasteiger charge is -2.14. The summed E-state index contributed by atoms with van der Waals surface area (Å²) in [6, 6.07) is 10.8. The summed E-state index contributed by atoms with van der Waals surface area (Å²) in [7, 11) is 0. The lowest BCUT2D eigenvalue weighted by atomic mass is 10.1. The third-order valence-corrected chi connectivity index (χ3v) is 3.97. The lowest BCUT2D eigenvalue weighted by Crippen LogP contribution is -2.24. The third kappa shape index (κ3) is 2.80. The average Bonchev–Trinajstić information content (AvgIpc) is 2.79. The number of aryl methyl sites for hydroxylation is 1. The highest BCUT2D eigenvalue weighted by molar-refractivity contribution is 9.10. The molecule has 1 aliphatic heterocycles. The van der Waals surface area contributed by atoms with Gasteiger partial charge in [0.1, 0.15) is 17.7 Å². The molecule has 0 saturated carbocycles. The molecule has 20 heavy (non-hydrogen) atoms. The van der Waals surface area contributed by atoms with Gasteiger partial charge < -0.3 is 10.1 Å². The largest absolute Gasteiger partial charge is 0.488 e. The summed E-state index contributed by atoms with van der Waals surface area (Å²) in [4.78, 5) is 0. The molecule has 1 heterocycles. The van der Waals surface area contributed by atoms with Crippen molar-refractivity contribution in [2.24, 2.45) is 0 Å². The van der Waals surface area contributed by atoms with Crippen molar-refractivity contribution < 1.29 is 9.13 Å². The highest BCUT2D eigenvalue weighted by atomic mass is 79.9. The van der Waals surface area contributed by atoms with E-state index in [2.05, 4.69) is 27.3 Å². The number of anilines is 1. The van der Waals surface area contributed by atoms with Crippen molar-refractivity contribution in [2.45, 2.75) is 19.4 Å². The standard InChI is InChI=1S/C16H15BrFNO/c1-10-6-13(18)3-4-15(10)19-9-14-8-11-7-12(17)2-5-16(11)20-14/h2-7,14,19H,8-9H2,1H3. The van der Waals surface area contributed by atoms with Gasteiger partial charge in [-0.15, -0.1) is 0 Å². The van der Waals surface area contributed by atoms with Crippen LogP contribution in [-0.4, -0.2) is 12.6 Å². The van der Waals surface area contributed by atoms with Gasteiger partial charge in [-0.25, -0.2) is 4.39 Å². The molecule has 2 aromatic rings. The minimum atomic E-state index is -0.206. The van der Waals surface area contributed by atoms with Crippen molar-refractivity contribution in [3.63, 3.8) is 0 Å². The third-order valence-electron chi connectivity index (χ3n) is 3.47. The minimum absolute atomic E-state index is 0.115. The molecule has 4 heteroatoms. The molecule has 2 aromatic carbocycles. The molecular formula is C16H15BrFNO. The van der Waals surface area contributed by atoms with E-state index in [4.69, 9.17) is 4.74 Å². The van der Waals surface area contributed by atoms with E-state index in [9.17, 15) is 4.39 Å².